The largest absolute Gasteiger partial charge is 0.465 e. The molecule has 118 valence electrons. The summed E-state index contributed by atoms with van der Waals surface area (Å²) < 4.78 is 42.8. The Kier molecular flexibility index (Phi) is 5.33. The zero-order valence-electron chi connectivity index (χ0n) is 11.8. The van der Waals surface area contributed by atoms with Crippen LogP contribution in [0.3, 0.4) is 0 Å². The van der Waals surface area contributed by atoms with Crippen LogP contribution in [0.1, 0.15) is 24.2 Å². The summed E-state index contributed by atoms with van der Waals surface area (Å²) in [6.45, 7) is 1.90. The molecule has 0 bridgehead atoms. The van der Waals surface area contributed by atoms with Gasteiger partial charge in [-0.25, -0.2) is 4.79 Å². The number of methoxy groups -OCH3 is 1. The van der Waals surface area contributed by atoms with Crippen molar-refractivity contribution in [2.24, 2.45) is 0 Å². The van der Waals surface area contributed by atoms with E-state index in [1.54, 1.807) is 13.8 Å². The maximum atomic E-state index is 12.8. The van der Waals surface area contributed by atoms with Crippen molar-refractivity contribution in [3.63, 3.8) is 0 Å². The van der Waals surface area contributed by atoms with E-state index >= 15 is 0 Å². The minimum atomic E-state index is -4.44. The quantitative estimate of drug-likeness (QED) is 0.680. The first kappa shape index (κ1) is 17.4. The van der Waals surface area contributed by atoms with Crippen molar-refractivity contribution >= 4 is 28.9 Å². The summed E-state index contributed by atoms with van der Waals surface area (Å²) in [5.74, 6) is -0.799. The number of halogens is 4. The van der Waals surface area contributed by atoms with Gasteiger partial charge in [0.15, 0.2) is 0 Å². The summed E-state index contributed by atoms with van der Waals surface area (Å²) in [6, 6.07) is 2.02. The number of nitrogen functional groups attached to an aromatic ring is 1. The molecule has 1 rings (SSSR count). The normalized spacial score (nSPS) is 11.6. The Hall–Kier alpha value is -1.63. The number of alkyl halides is 3. The topological polar surface area (TPSA) is 55.6 Å². The van der Waals surface area contributed by atoms with E-state index in [0.717, 1.165) is 12.0 Å². The molecule has 4 nitrogen and oxygen atoms in total. The van der Waals surface area contributed by atoms with Crippen LogP contribution in [-0.4, -0.2) is 31.8 Å². The van der Waals surface area contributed by atoms with Crippen LogP contribution >= 0.6 is 11.6 Å². The first-order chi connectivity index (χ1) is 9.56. The number of nitrogens with zero attached hydrogens (tertiary/aromatic N) is 1. The highest BCUT2D eigenvalue weighted by atomic mass is 35.5. The lowest BCUT2D eigenvalue weighted by molar-refractivity contribution is -0.120. The zero-order chi connectivity index (χ0) is 16.4. The number of hydrogen-bond acceptors (Lipinski definition) is 4. The molecular weight excluding hydrogens is 309 g/mol. The Morgan fingerprint density at radius 1 is 1.43 bits per heavy atom. The van der Waals surface area contributed by atoms with Crippen molar-refractivity contribution < 1.29 is 22.7 Å². The summed E-state index contributed by atoms with van der Waals surface area (Å²) >= 11 is 6.01. The van der Waals surface area contributed by atoms with Gasteiger partial charge in [0, 0.05) is 11.7 Å². The van der Waals surface area contributed by atoms with E-state index in [2.05, 4.69) is 4.74 Å². The first-order valence-corrected chi connectivity index (χ1v) is 6.45. The van der Waals surface area contributed by atoms with Gasteiger partial charge >= 0.3 is 12.1 Å². The van der Waals surface area contributed by atoms with Gasteiger partial charge in [-0.2, -0.15) is 13.2 Å². The first-order valence-electron chi connectivity index (χ1n) is 6.07. The molecule has 0 aromatic heterocycles. The third-order valence-electron chi connectivity index (χ3n) is 2.75. The van der Waals surface area contributed by atoms with Gasteiger partial charge in [0.1, 0.15) is 6.54 Å². The number of nitrogens with two attached hydrogens (primary N) is 1. The average molecular weight is 325 g/mol. The maximum Gasteiger partial charge on any atom is 0.405 e. The second kappa shape index (κ2) is 6.43. The van der Waals surface area contributed by atoms with Crippen molar-refractivity contribution in [2.45, 2.75) is 26.1 Å². The van der Waals surface area contributed by atoms with Crippen LogP contribution in [0.4, 0.5) is 24.5 Å². The molecule has 0 spiro atoms. The highest BCUT2D eigenvalue weighted by Gasteiger charge is 2.34. The monoisotopic (exact) mass is 324 g/mol. The lowest BCUT2D eigenvalue weighted by Crippen LogP contribution is -2.40. The summed E-state index contributed by atoms with van der Waals surface area (Å²) in [6.07, 6.45) is -4.44. The molecule has 0 aliphatic heterocycles. The van der Waals surface area contributed by atoms with E-state index in [-0.39, 0.29) is 22.0 Å². The van der Waals surface area contributed by atoms with Gasteiger partial charge in [-0.3, -0.25) is 0 Å². The second-order valence-corrected chi connectivity index (χ2v) is 5.13. The minimum Gasteiger partial charge on any atom is -0.465 e. The number of rotatable bonds is 4. The van der Waals surface area contributed by atoms with E-state index in [0.29, 0.717) is 0 Å². The summed E-state index contributed by atoms with van der Waals surface area (Å²) in [7, 11) is 1.13. The number of ether oxygens (including phenoxy) is 1. The molecule has 0 radical (unpaired) electrons. The fourth-order valence-corrected chi connectivity index (χ4v) is 2.23. The van der Waals surface area contributed by atoms with Crippen LogP contribution in [0.5, 0.6) is 0 Å². The molecule has 2 N–H and O–H groups in total. The third kappa shape index (κ3) is 4.42. The van der Waals surface area contributed by atoms with E-state index in [9.17, 15) is 18.0 Å². The van der Waals surface area contributed by atoms with Crippen LogP contribution in [0.2, 0.25) is 5.02 Å². The summed E-state index contributed by atoms with van der Waals surface area (Å²) in [5, 5.41) is -0.0339. The van der Waals surface area contributed by atoms with Crippen molar-refractivity contribution in [3.8, 4) is 0 Å². The predicted molar refractivity (Wildman–Crippen MR) is 75.7 cm³/mol. The molecular formula is C13H16ClF3N2O2. The van der Waals surface area contributed by atoms with Crippen LogP contribution in [0.15, 0.2) is 12.1 Å². The molecule has 1 aromatic rings. The number of esters is 1. The van der Waals surface area contributed by atoms with Gasteiger partial charge in [0.25, 0.3) is 0 Å². The Bertz CT molecular complexity index is 533. The molecule has 1 aromatic carbocycles. The summed E-state index contributed by atoms with van der Waals surface area (Å²) in [4.78, 5) is 12.8. The molecule has 0 aliphatic carbocycles. The van der Waals surface area contributed by atoms with E-state index in [1.165, 1.54) is 12.1 Å². The SMILES string of the molecule is COC(=O)c1cc(N)cc(Cl)c1N(CC(F)(F)F)C(C)C. The van der Waals surface area contributed by atoms with Gasteiger partial charge in [-0.05, 0) is 26.0 Å². The second-order valence-electron chi connectivity index (χ2n) is 4.73. The molecule has 0 aliphatic rings. The molecule has 21 heavy (non-hydrogen) atoms. The van der Waals surface area contributed by atoms with E-state index < -0.39 is 24.7 Å². The number of anilines is 2. The van der Waals surface area contributed by atoms with Gasteiger partial charge < -0.3 is 15.4 Å². The van der Waals surface area contributed by atoms with Crippen LogP contribution < -0.4 is 10.6 Å². The Morgan fingerprint density at radius 2 is 2.00 bits per heavy atom. The lowest BCUT2D eigenvalue weighted by atomic mass is 10.1. The number of carbonyl (C=O) groups is 1. The van der Waals surface area contributed by atoms with Crippen molar-refractivity contribution in [2.75, 3.05) is 24.3 Å². The fraction of sp³-hybridized carbons (Fsp3) is 0.462. The third-order valence-corrected chi connectivity index (χ3v) is 3.04. The summed E-state index contributed by atoms with van der Waals surface area (Å²) in [5.41, 5.74) is 5.62. The minimum absolute atomic E-state index is 0.0339. The van der Waals surface area contributed by atoms with Crippen LogP contribution in [0, 0.1) is 0 Å². The Morgan fingerprint density at radius 3 is 2.43 bits per heavy atom. The van der Waals surface area contributed by atoms with Crippen LogP contribution in [-0.2, 0) is 4.74 Å². The maximum absolute atomic E-state index is 12.8. The lowest BCUT2D eigenvalue weighted by Gasteiger charge is -2.32. The van der Waals surface area contributed by atoms with Gasteiger partial charge in [-0.15, -0.1) is 0 Å². The Labute approximate surface area is 125 Å². The van der Waals surface area contributed by atoms with Crippen molar-refractivity contribution in [3.05, 3.63) is 22.7 Å². The molecule has 0 unspecified atom stereocenters. The van der Waals surface area contributed by atoms with Gasteiger partial charge in [0.05, 0.1) is 23.4 Å². The van der Waals surface area contributed by atoms with Crippen LogP contribution in [0.25, 0.3) is 0 Å². The standard InChI is InChI=1S/C13H16ClF3N2O2/c1-7(2)19(6-13(15,16)17)11-9(12(20)21-3)4-8(18)5-10(11)14/h4-5,7H,6,18H2,1-3H3. The predicted octanol–water partition coefficient (Wildman–Crippen LogP) is 3.49. The van der Waals surface area contributed by atoms with Gasteiger partial charge in [0.2, 0.25) is 0 Å². The molecule has 0 amide bonds. The number of carbonyl (C=O) groups excluding carboxylic acids is 1. The van der Waals surface area contributed by atoms with E-state index in [1.807, 2.05) is 0 Å². The van der Waals surface area contributed by atoms with Gasteiger partial charge in [-0.1, -0.05) is 11.6 Å². The molecule has 0 saturated carbocycles. The van der Waals surface area contributed by atoms with Crippen molar-refractivity contribution in [1.82, 2.24) is 0 Å². The highest BCUT2D eigenvalue weighted by Crippen LogP contribution is 2.36. The number of hydrogen-bond donors (Lipinski definition) is 1. The Balaban J connectivity index is 3.46. The highest BCUT2D eigenvalue weighted by molar-refractivity contribution is 6.34. The zero-order valence-corrected chi connectivity index (χ0v) is 12.5. The smallest absolute Gasteiger partial charge is 0.405 e. The number of benzene rings is 1. The molecule has 0 fully saturated rings. The molecule has 0 heterocycles. The fourth-order valence-electron chi connectivity index (χ4n) is 1.89. The molecule has 8 heteroatoms. The average Bonchev–Trinajstić information content (AvgIpc) is 2.33. The molecule has 0 atom stereocenters. The van der Waals surface area contributed by atoms with E-state index in [4.69, 9.17) is 17.3 Å². The molecule has 0 saturated heterocycles. The van der Waals surface area contributed by atoms with Crippen molar-refractivity contribution in [1.29, 1.82) is 0 Å².